The maximum absolute atomic E-state index is 13.6. The van der Waals surface area contributed by atoms with Gasteiger partial charge in [-0.15, -0.1) is 0 Å². The molecule has 2 aliphatic rings. The molecular formula is C51H62N6O8. The summed E-state index contributed by atoms with van der Waals surface area (Å²) in [6, 6.07) is 26.4. The number of hydrogen-bond donors (Lipinski definition) is 2. The van der Waals surface area contributed by atoms with Crippen LogP contribution in [-0.4, -0.2) is 136 Å². The first-order chi connectivity index (χ1) is 30.2. The summed E-state index contributed by atoms with van der Waals surface area (Å²) in [5.41, 5.74) is 7.17. The van der Waals surface area contributed by atoms with Crippen LogP contribution in [0.5, 0.6) is 11.5 Å². The number of amides is 5. The monoisotopic (exact) mass is 886 g/mol. The largest absolute Gasteiger partial charge is 0.496 e. The number of alkyl carbamates (subject to hydrolysis) is 1. The first-order valence-electron chi connectivity index (χ1n) is 21.0. The van der Waals surface area contributed by atoms with E-state index in [0.29, 0.717) is 90.3 Å². The molecule has 2 heterocycles. The summed E-state index contributed by atoms with van der Waals surface area (Å²) in [5.74, 6) is 0.142. The number of likely N-dealkylation sites (N-methyl/N-ethyl adjacent to an activating group) is 2. The van der Waals surface area contributed by atoms with E-state index in [-0.39, 0.29) is 45.0 Å². The van der Waals surface area contributed by atoms with E-state index in [4.69, 9.17) is 19.9 Å². The molecule has 344 valence electrons. The number of nitrogens with zero attached hydrogens (tertiary/aromatic N) is 4. The summed E-state index contributed by atoms with van der Waals surface area (Å²) in [6.45, 7) is 9.20. The highest BCUT2D eigenvalue weighted by atomic mass is 16.6. The highest BCUT2D eigenvalue weighted by Gasteiger charge is 2.36. The number of fused-ring (bicyclic) bond motifs is 4. The molecule has 0 aliphatic carbocycles. The van der Waals surface area contributed by atoms with Crippen molar-refractivity contribution in [3.63, 3.8) is 0 Å². The summed E-state index contributed by atoms with van der Waals surface area (Å²) in [4.78, 5) is 72.0. The lowest BCUT2D eigenvalue weighted by molar-refractivity contribution is 0.0521. The Morgan fingerprint density at radius 3 is 1.46 bits per heavy atom. The normalized spacial score (nSPS) is 13.3. The van der Waals surface area contributed by atoms with E-state index in [0.717, 1.165) is 32.3 Å². The number of hydrogen-bond acceptors (Lipinski definition) is 11. The lowest BCUT2D eigenvalue weighted by Gasteiger charge is -2.30. The van der Waals surface area contributed by atoms with Crippen LogP contribution in [0.1, 0.15) is 77.1 Å². The molecule has 0 bridgehead atoms. The van der Waals surface area contributed by atoms with Gasteiger partial charge in [0.15, 0.2) is 0 Å². The Balaban J connectivity index is 0.000000242. The van der Waals surface area contributed by atoms with Crippen LogP contribution in [0, 0.1) is 0 Å². The number of methoxy groups -OCH3 is 2. The first kappa shape index (κ1) is 49.4. The number of nitrogens with one attached hydrogen (secondary N) is 1. The minimum atomic E-state index is -0.557. The van der Waals surface area contributed by atoms with Crippen LogP contribution < -0.4 is 20.5 Å². The predicted octanol–water partition coefficient (Wildman–Crippen LogP) is 7.81. The van der Waals surface area contributed by atoms with E-state index in [1.165, 1.54) is 9.80 Å². The van der Waals surface area contributed by atoms with Crippen molar-refractivity contribution < 1.29 is 38.2 Å². The Morgan fingerprint density at radius 2 is 1.05 bits per heavy atom. The minimum absolute atomic E-state index is 0. The van der Waals surface area contributed by atoms with E-state index in [1.807, 2.05) is 105 Å². The van der Waals surface area contributed by atoms with Crippen molar-refractivity contribution in [2.45, 2.75) is 41.2 Å². The van der Waals surface area contributed by atoms with Crippen molar-refractivity contribution >= 4 is 72.8 Å². The average Bonchev–Trinajstić information content (AvgIpc) is 3.25. The fraction of sp³-hybridized carbons (Fsp3) is 0.353. The number of carbonyl (C=O) groups excluding carboxylic acids is 5. The van der Waals surface area contributed by atoms with Crippen molar-refractivity contribution in [3.8, 4) is 11.5 Å². The Bertz CT molecular complexity index is 2780. The van der Waals surface area contributed by atoms with E-state index in [1.54, 1.807) is 38.5 Å². The van der Waals surface area contributed by atoms with Gasteiger partial charge in [0.05, 0.1) is 25.3 Å². The molecule has 0 radical (unpaired) electrons. The van der Waals surface area contributed by atoms with Crippen LogP contribution in [0.4, 0.5) is 4.79 Å². The highest BCUT2D eigenvalue weighted by Crippen LogP contribution is 2.41. The predicted molar refractivity (Wildman–Crippen MR) is 258 cm³/mol. The fourth-order valence-corrected chi connectivity index (χ4v) is 8.26. The van der Waals surface area contributed by atoms with Crippen molar-refractivity contribution in [3.05, 3.63) is 107 Å². The van der Waals surface area contributed by atoms with Crippen molar-refractivity contribution in [2.24, 2.45) is 5.73 Å². The first-order valence-corrected chi connectivity index (χ1v) is 21.0. The standard InChI is InChI=1S/C27H31N3O5.C22H23N3O3.2CH4/c1-27(2,3)35-26(33)28-12-13-29(4)14-15-30-24(31)19-10-11-21(34-5)20-16-17-8-6-7-9-18(17)23(22(19)20)25(30)32;1-24(10-9-23)11-12-25-21(26)16-7-8-18(28-2)17-13-14-5-3-4-6-15(14)20(19(16)17)22(25)27;;/h6-11,16H,12-15H2,1-5H3,(H,28,33);3-8,13H,9-12,23H2,1-2H3;2*1H4. The van der Waals surface area contributed by atoms with Gasteiger partial charge in [-0.25, -0.2) is 4.79 Å². The third-order valence-electron chi connectivity index (χ3n) is 11.4. The molecule has 0 unspecified atom stereocenters. The van der Waals surface area contributed by atoms with Crippen LogP contribution in [0.25, 0.3) is 43.1 Å². The van der Waals surface area contributed by atoms with Crippen molar-refractivity contribution in [1.29, 1.82) is 0 Å². The van der Waals surface area contributed by atoms with Gasteiger partial charge in [-0.2, -0.15) is 0 Å². The van der Waals surface area contributed by atoms with Gasteiger partial charge in [0.25, 0.3) is 23.6 Å². The molecule has 0 saturated heterocycles. The maximum Gasteiger partial charge on any atom is 0.407 e. The molecule has 65 heavy (non-hydrogen) atoms. The van der Waals surface area contributed by atoms with Crippen LogP contribution in [0.15, 0.2) is 84.9 Å². The third kappa shape index (κ3) is 9.90. The topological polar surface area (TPSA) is 164 Å². The zero-order chi connectivity index (χ0) is 45.2. The van der Waals surface area contributed by atoms with Gasteiger partial charge < -0.3 is 35.1 Å². The summed E-state index contributed by atoms with van der Waals surface area (Å²) >= 11 is 0. The summed E-state index contributed by atoms with van der Waals surface area (Å²) < 4.78 is 16.3. The number of benzene rings is 6. The molecule has 3 N–H and O–H groups in total. The molecule has 14 heteroatoms. The van der Waals surface area contributed by atoms with Crippen molar-refractivity contribution in [2.75, 3.05) is 80.7 Å². The molecule has 8 rings (SSSR count). The zero-order valence-electron chi connectivity index (χ0n) is 36.9. The Kier molecular flexibility index (Phi) is 15.6. The van der Waals surface area contributed by atoms with Crippen LogP contribution in [0.3, 0.4) is 0 Å². The van der Waals surface area contributed by atoms with Crippen LogP contribution in [0.2, 0.25) is 0 Å². The SMILES string of the molecule is C.C.COc1ccc2c3c(c4ccccc4cc13)C(=O)N(CCN(C)CCN)C2=O.COc1ccc2c3c(c4ccccc4cc13)C(=O)N(CCN(C)CCNC(=O)OC(C)(C)C)C2=O. The van der Waals surface area contributed by atoms with Gasteiger partial charge in [0, 0.05) is 85.0 Å². The molecular weight excluding hydrogens is 825 g/mol. The average molecular weight is 887 g/mol. The summed E-state index contributed by atoms with van der Waals surface area (Å²) in [6.07, 6.45) is -0.473. The molecule has 0 saturated carbocycles. The second-order valence-electron chi connectivity index (χ2n) is 16.8. The van der Waals surface area contributed by atoms with Crippen LogP contribution >= 0.6 is 0 Å². The number of rotatable bonds is 13. The van der Waals surface area contributed by atoms with Gasteiger partial charge in [0.1, 0.15) is 17.1 Å². The van der Waals surface area contributed by atoms with Gasteiger partial charge >= 0.3 is 6.09 Å². The Labute approximate surface area is 381 Å². The number of ether oxygens (including phenoxy) is 3. The van der Waals surface area contributed by atoms with Crippen molar-refractivity contribution in [1.82, 2.24) is 24.9 Å². The number of carbonyl (C=O) groups is 5. The molecule has 6 aromatic carbocycles. The second kappa shape index (κ2) is 20.5. The number of nitrogens with two attached hydrogens (primary N) is 1. The smallest absolute Gasteiger partial charge is 0.407 e. The number of imide groups is 2. The maximum atomic E-state index is 13.6. The quantitative estimate of drug-likeness (QED) is 0.0859. The lowest BCUT2D eigenvalue weighted by Crippen LogP contribution is -2.45. The van der Waals surface area contributed by atoms with Gasteiger partial charge in [-0.3, -0.25) is 29.0 Å². The molecule has 0 aromatic heterocycles. The van der Waals surface area contributed by atoms with E-state index >= 15 is 0 Å². The van der Waals surface area contributed by atoms with Crippen LogP contribution in [-0.2, 0) is 4.74 Å². The Hall–Kier alpha value is -6.61. The molecule has 2 aliphatic heterocycles. The molecule has 14 nitrogen and oxygen atoms in total. The fourth-order valence-electron chi connectivity index (χ4n) is 8.26. The van der Waals surface area contributed by atoms with E-state index < -0.39 is 11.7 Å². The lowest BCUT2D eigenvalue weighted by atomic mass is 9.89. The Morgan fingerprint density at radius 1 is 0.615 bits per heavy atom. The van der Waals surface area contributed by atoms with E-state index in [9.17, 15) is 24.0 Å². The summed E-state index contributed by atoms with van der Waals surface area (Å²) in [7, 11) is 6.99. The minimum Gasteiger partial charge on any atom is -0.496 e. The molecule has 0 fully saturated rings. The third-order valence-corrected chi connectivity index (χ3v) is 11.4. The van der Waals surface area contributed by atoms with Gasteiger partial charge in [0.2, 0.25) is 0 Å². The molecule has 0 spiro atoms. The van der Waals surface area contributed by atoms with Gasteiger partial charge in [-0.1, -0.05) is 63.4 Å². The molecule has 6 aromatic rings. The molecule has 5 amide bonds. The zero-order valence-corrected chi connectivity index (χ0v) is 36.9. The molecule has 0 atom stereocenters. The summed E-state index contributed by atoms with van der Waals surface area (Å²) in [5, 5.41) is 9.11. The highest BCUT2D eigenvalue weighted by molar-refractivity contribution is 6.32. The van der Waals surface area contributed by atoms with E-state index in [2.05, 4.69) is 5.32 Å². The second-order valence-corrected chi connectivity index (χ2v) is 16.8. The van der Waals surface area contributed by atoms with Gasteiger partial charge in [-0.05, 0) is 92.8 Å².